The minimum Gasteiger partial charge on any atom is -0.346 e. The number of sulfone groups is 1. The van der Waals surface area contributed by atoms with E-state index in [1.807, 2.05) is 48.7 Å². The van der Waals surface area contributed by atoms with Crippen LogP contribution in [0.4, 0.5) is 0 Å². The Morgan fingerprint density at radius 2 is 1.88 bits per heavy atom. The molecule has 1 aromatic carbocycles. The molecule has 7 heteroatoms. The summed E-state index contributed by atoms with van der Waals surface area (Å²) in [5.74, 6) is -0.102. The fourth-order valence-electron chi connectivity index (χ4n) is 3.43. The van der Waals surface area contributed by atoms with E-state index in [-0.39, 0.29) is 17.4 Å². The number of halogens is 1. The predicted molar refractivity (Wildman–Crippen MR) is 102 cm³/mol. The number of hydrogen-bond donors (Lipinski definition) is 1. The van der Waals surface area contributed by atoms with E-state index in [1.165, 1.54) is 0 Å². The van der Waals surface area contributed by atoms with E-state index in [4.69, 9.17) is 0 Å². The van der Waals surface area contributed by atoms with Gasteiger partial charge < -0.3 is 9.88 Å². The summed E-state index contributed by atoms with van der Waals surface area (Å²) in [5.41, 5.74) is 2.64. The van der Waals surface area contributed by atoms with Crippen molar-refractivity contribution in [1.29, 1.82) is 0 Å². The van der Waals surface area contributed by atoms with Gasteiger partial charge in [0.1, 0.15) is 0 Å². The molecular weight excluding hydrogens is 404 g/mol. The Labute approximate surface area is 156 Å². The smallest absolute Gasteiger partial charge is 0.253 e. The SMILES string of the molecule is Cc1cc(C(=O)NC2(C)CCS(=O)(=O)C2)c(C)n1-c1ccc(Br)cc1. The number of nitrogens with one attached hydrogen (secondary N) is 1. The van der Waals surface area contributed by atoms with Crippen LogP contribution in [0.3, 0.4) is 0 Å². The Morgan fingerprint density at radius 3 is 2.44 bits per heavy atom. The number of aromatic nitrogens is 1. The molecule has 1 amide bonds. The van der Waals surface area contributed by atoms with Gasteiger partial charge in [0.2, 0.25) is 0 Å². The summed E-state index contributed by atoms with van der Waals surface area (Å²) >= 11 is 3.42. The van der Waals surface area contributed by atoms with Crippen molar-refractivity contribution in [3.63, 3.8) is 0 Å². The zero-order valence-electron chi connectivity index (χ0n) is 14.5. The number of carbonyl (C=O) groups is 1. The van der Waals surface area contributed by atoms with Crippen molar-refractivity contribution in [2.45, 2.75) is 32.7 Å². The maximum atomic E-state index is 12.8. The van der Waals surface area contributed by atoms with Crippen LogP contribution in [0, 0.1) is 13.8 Å². The van der Waals surface area contributed by atoms with Gasteiger partial charge in [0.15, 0.2) is 9.84 Å². The molecule has 0 saturated carbocycles. The van der Waals surface area contributed by atoms with Gasteiger partial charge in [-0.2, -0.15) is 0 Å². The molecule has 0 bridgehead atoms. The highest BCUT2D eigenvalue weighted by Crippen LogP contribution is 2.26. The van der Waals surface area contributed by atoms with Gasteiger partial charge in [0.05, 0.1) is 22.6 Å². The summed E-state index contributed by atoms with van der Waals surface area (Å²) in [6.45, 7) is 5.65. The average Bonchev–Trinajstić information content (AvgIpc) is 2.96. The summed E-state index contributed by atoms with van der Waals surface area (Å²) in [4.78, 5) is 12.8. The van der Waals surface area contributed by atoms with Gasteiger partial charge in [0.25, 0.3) is 5.91 Å². The molecule has 1 aliphatic heterocycles. The largest absolute Gasteiger partial charge is 0.346 e. The normalized spacial score (nSPS) is 22.1. The van der Waals surface area contributed by atoms with E-state index in [9.17, 15) is 13.2 Å². The van der Waals surface area contributed by atoms with Crippen LogP contribution in [-0.2, 0) is 9.84 Å². The van der Waals surface area contributed by atoms with E-state index < -0.39 is 15.4 Å². The van der Waals surface area contributed by atoms with E-state index in [2.05, 4.69) is 21.2 Å². The molecule has 1 saturated heterocycles. The second-order valence-electron chi connectivity index (χ2n) is 6.95. The van der Waals surface area contributed by atoms with Crippen LogP contribution >= 0.6 is 15.9 Å². The molecule has 1 aromatic heterocycles. The molecule has 25 heavy (non-hydrogen) atoms. The molecule has 1 fully saturated rings. The third-order valence-corrected chi connectivity index (χ3v) is 7.11. The molecule has 1 unspecified atom stereocenters. The van der Waals surface area contributed by atoms with Gasteiger partial charge in [-0.05, 0) is 57.5 Å². The Kier molecular flexibility index (Phi) is 4.58. The van der Waals surface area contributed by atoms with Gasteiger partial charge >= 0.3 is 0 Å². The summed E-state index contributed by atoms with van der Waals surface area (Å²) in [7, 11) is -3.07. The second kappa shape index (κ2) is 6.29. The monoisotopic (exact) mass is 424 g/mol. The average molecular weight is 425 g/mol. The van der Waals surface area contributed by atoms with Crippen LogP contribution in [0.25, 0.3) is 5.69 Å². The first-order chi connectivity index (χ1) is 11.6. The van der Waals surface area contributed by atoms with Gasteiger partial charge in [-0.3, -0.25) is 4.79 Å². The lowest BCUT2D eigenvalue weighted by Gasteiger charge is -2.23. The first-order valence-corrected chi connectivity index (χ1v) is 10.7. The Morgan fingerprint density at radius 1 is 1.24 bits per heavy atom. The lowest BCUT2D eigenvalue weighted by Crippen LogP contribution is -2.47. The maximum Gasteiger partial charge on any atom is 0.253 e. The fraction of sp³-hybridized carbons (Fsp3) is 0.389. The van der Waals surface area contributed by atoms with E-state index >= 15 is 0 Å². The zero-order valence-corrected chi connectivity index (χ0v) is 16.9. The minimum absolute atomic E-state index is 0.00279. The second-order valence-corrected chi connectivity index (χ2v) is 10.1. The molecule has 1 N–H and O–H groups in total. The molecule has 1 aliphatic rings. The third kappa shape index (κ3) is 3.67. The number of nitrogens with zero attached hydrogens (tertiary/aromatic N) is 1. The molecule has 3 rings (SSSR count). The minimum atomic E-state index is -3.07. The standard InChI is InChI=1S/C18H21BrN2O3S/c1-12-10-16(13(2)21(12)15-6-4-14(19)5-7-15)17(22)20-18(3)8-9-25(23,24)11-18/h4-7,10H,8-9,11H2,1-3H3,(H,20,22). The molecule has 134 valence electrons. The summed E-state index contributed by atoms with van der Waals surface area (Å²) in [6, 6.07) is 9.73. The van der Waals surface area contributed by atoms with Crippen molar-refractivity contribution >= 4 is 31.7 Å². The van der Waals surface area contributed by atoms with Crippen LogP contribution in [0.15, 0.2) is 34.8 Å². The van der Waals surface area contributed by atoms with Crippen molar-refractivity contribution < 1.29 is 13.2 Å². The van der Waals surface area contributed by atoms with Gasteiger partial charge in [0, 0.05) is 21.5 Å². The van der Waals surface area contributed by atoms with E-state index in [0.717, 1.165) is 21.5 Å². The predicted octanol–water partition coefficient (Wildman–Crippen LogP) is 3.16. The molecule has 0 spiro atoms. The summed E-state index contributed by atoms with van der Waals surface area (Å²) in [6.07, 6.45) is 0.451. The molecule has 5 nitrogen and oxygen atoms in total. The number of benzene rings is 1. The molecule has 2 aromatic rings. The number of amides is 1. The highest BCUT2D eigenvalue weighted by atomic mass is 79.9. The van der Waals surface area contributed by atoms with E-state index in [1.54, 1.807) is 6.92 Å². The first-order valence-electron chi connectivity index (χ1n) is 8.08. The maximum absolute atomic E-state index is 12.8. The Balaban J connectivity index is 1.90. The Hall–Kier alpha value is -1.60. The number of rotatable bonds is 3. The number of hydrogen-bond acceptors (Lipinski definition) is 3. The molecule has 0 radical (unpaired) electrons. The van der Waals surface area contributed by atoms with E-state index in [0.29, 0.717) is 12.0 Å². The Bertz CT molecular complexity index is 932. The lowest BCUT2D eigenvalue weighted by atomic mass is 10.0. The number of carbonyl (C=O) groups excluding carboxylic acids is 1. The highest BCUT2D eigenvalue weighted by Gasteiger charge is 2.39. The van der Waals surface area contributed by atoms with Gasteiger partial charge in [-0.1, -0.05) is 15.9 Å². The van der Waals surface area contributed by atoms with Crippen LogP contribution < -0.4 is 5.32 Å². The molecule has 2 heterocycles. The first kappa shape index (κ1) is 18.2. The van der Waals surface area contributed by atoms with Gasteiger partial charge in [-0.15, -0.1) is 0 Å². The summed E-state index contributed by atoms with van der Waals surface area (Å²) < 4.78 is 26.5. The van der Waals surface area contributed by atoms with Crippen molar-refractivity contribution in [3.05, 3.63) is 51.8 Å². The van der Waals surface area contributed by atoms with Crippen molar-refractivity contribution in [1.82, 2.24) is 9.88 Å². The molecule has 1 atom stereocenters. The molecule has 0 aliphatic carbocycles. The molecular formula is C18H21BrN2O3S. The third-order valence-electron chi connectivity index (χ3n) is 4.68. The van der Waals surface area contributed by atoms with Crippen molar-refractivity contribution in [3.8, 4) is 5.69 Å². The lowest BCUT2D eigenvalue weighted by molar-refractivity contribution is 0.0915. The number of aryl methyl sites for hydroxylation is 1. The topological polar surface area (TPSA) is 68.2 Å². The van der Waals surface area contributed by atoms with Crippen LogP contribution in [0.5, 0.6) is 0 Å². The van der Waals surface area contributed by atoms with Gasteiger partial charge in [-0.25, -0.2) is 8.42 Å². The van der Waals surface area contributed by atoms with Crippen LogP contribution in [0.2, 0.25) is 0 Å². The fourth-order valence-corrected chi connectivity index (χ4v) is 5.79. The van der Waals surface area contributed by atoms with Crippen molar-refractivity contribution in [2.75, 3.05) is 11.5 Å². The van der Waals surface area contributed by atoms with Crippen LogP contribution in [0.1, 0.15) is 35.1 Å². The quantitative estimate of drug-likeness (QED) is 0.822. The van der Waals surface area contributed by atoms with Crippen LogP contribution in [-0.4, -0.2) is 35.9 Å². The summed E-state index contributed by atoms with van der Waals surface area (Å²) in [5, 5.41) is 2.93. The highest BCUT2D eigenvalue weighted by molar-refractivity contribution is 9.10. The zero-order chi connectivity index (χ0) is 18.4. The van der Waals surface area contributed by atoms with Crippen molar-refractivity contribution in [2.24, 2.45) is 0 Å².